The number of hydrogen-bond donors (Lipinski definition) is 3. The van der Waals surface area contributed by atoms with E-state index >= 15 is 0 Å². The average molecular weight is 166 g/mol. The van der Waals surface area contributed by atoms with Crippen LogP contribution in [0.1, 0.15) is 18.5 Å². The summed E-state index contributed by atoms with van der Waals surface area (Å²) >= 11 is 0. The summed E-state index contributed by atoms with van der Waals surface area (Å²) in [7, 11) is 1.89. The summed E-state index contributed by atoms with van der Waals surface area (Å²) < 4.78 is 0. The number of nitrogens with two attached hydrogens (primary N) is 1. The maximum absolute atomic E-state index is 5.78. The van der Waals surface area contributed by atoms with Crippen LogP contribution in [0.2, 0.25) is 0 Å². The lowest BCUT2D eigenvalue weighted by atomic mass is 10.1. The highest BCUT2D eigenvalue weighted by atomic mass is 14.8. The Hall–Kier alpha value is -1.22. The molecule has 66 valence electrons. The Morgan fingerprint density at radius 1 is 1.50 bits per heavy atom. The monoisotopic (exact) mass is 166 g/mol. The molecule has 0 heterocycles. The summed E-state index contributed by atoms with van der Waals surface area (Å²) in [5.41, 5.74) is 12.7. The predicted molar refractivity (Wildman–Crippen MR) is 51.7 cm³/mol. The molecule has 0 aliphatic carbocycles. The van der Waals surface area contributed by atoms with Crippen molar-refractivity contribution in [3.63, 3.8) is 0 Å². The minimum atomic E-state index is 0.235. The number of quaternary nitrogens is 1. The van der Waals surface area contributed by atoms with Crippen molar-refractivity contribution < 1.29 is 5.73 Å². The van der Waals surface area contributed by atoms with Crippen LogP contribution < -0.4 is 16.8 Å². The number of hydrogen-bond acceptors (Lipinski definition) is 2. The van der Waals surface area contributed by atoms with E-state index in [2.05, 4.69) is 11.1 Å². The Morgan fingerprint density at radius 3 is 2.67 bits per heavy atom. The van der Waals surface area contributed by atoms with Crippen molar-refractivity contribution in [2.24, 2.45) is 0 Å². The van der Waals surface area contributed by atoms with E-state index in [9.17, 15) is 0 Å². The molecule has 6 N–H and O–H groups in total. The summed E-state index contributed by atoms with van der Waals surface area (Å²) in [5.74, 6) is 0. The first-order valence-electron chi connectivity index (χ1n) is 4.05. The highest BCUT2D eigenvalue weighted by Gasteiger charge is 2.07. The molecule has 3 heteroatoms. The Labute approximate surface area is 72.8 Å². The summed E-state index contributed by atoms with van der Waals surface area (Å²) in [6, 6.07) is 6.13. The minimum Gasteiger partial charge on any atom is -0.398 e. The molecule has 0 fully saturated rings. The van der Waals surface area contributed by atoms with Crippen LogP contribution in [0.4, 0.5) is 11.4 Å². The van der Waals surface area contributed by atoms with Crippen LogP contribution in [0.15, 0.2) is 18.2 Å². The predicted octanol–water partition coefficient (Wildman–Crippen LogP) is 0.613. The van der Waals surface area contributed by atoms with E-state index in [1.165, 1.54) is 0 Å². The zero-order valence-electron chi connectivity index (χ0n) is 7.59. The second-order valence-electron chi connectivity index (χ2n) is 2.99. The third-order valence-corrected chi connectivity index (χ3v) is 1.91. The van der Waals surface area contributed by atoms with Crippen molar-refractivity contribution >= 4 is 11.4 Å². The van der Waals surface area contributed by atoms with Crippen LogP contribution >= 0.6 is 0 Å². The van der Waals surface area contributed by atoms with Crippen LogP contribution in [-0.4, -0.2) is 7.05 Å². The van der Waals surface area contributed by atoms with E-state index in [4.69, 9.17) is 5.73 Å². The molecule has 0 radical (unpaired) electrons. The first-order chi connectivity index (χ1) is 5.65. The lowest BCUT2D eigenvalue weighted by Gasteiger charge is -2.08. The Balaban J connectivity index is 3.08. The standard InChI is InChI=1S/C9H15N3/c1-6(10)8-5-7(12-2)3-4-9(8)11/h3-6,12H,10-11H2,1-2H3/p+1. The van der Waals surface area contributed by atoms with Crippen molar-refractivity contribution in [3.05, 3.63) is 23.8 Å². The lowest BCUT2D eigenvalue weighted by Crippen LogP contribution is -2.52. The molecule has 1 unspecified atom stereocenters. The largest absolute Gasteiger partial charge is 0.398 e. The molecule has 0 saturated heterocycles. The molecule has 0 amide bonds. The van der Waals surface area contributed by atoms with Gasteiger partial charge in [-0.2, -0.15) is 0 Å². The Kier molecular flexibility index (Phi) is 2.55. The Morgan fingerprint density at radius 2 is 2.17 bits per heavy atom. The summed E-state index contributed by atoms with van der Waals surface area (Å²) in [6.07, 6.45) is 0. The first kappa shape index (κ1) is 8.87. The van der Waals surface area contributed by atoms with Gasteiger partial charge in [0.05, 0.1) is 0 Å². The van der Waals surface area contributed by atoms with Gasteiger partial charge in [-0.1, -0.05) is 0 Å². The summed E-state index contributed by atoms with van der Waals surface area (Å²) in [6.45, 7) is 2.03. The molecule has 0 aliphatic heterocycles. The maximum Gasteiger partial charge on any atom is 0.109 e. The van der Waals surface area contributed by atoms with Gasteiger partial charge in [0.2, 0.25) is 0 Å². The number of nitrogen functional groups attached to an aromatic ring is 1. The van der Waals surface area contributed by atoms with Crippen molar-refractivity contribution in [3.8, 4) is 0 Å². The van der Waals surface area contributed by atoms with Gasteiger partial charge in [-0.3, -0.25) is 0 Å². The van der Waals surface area contributed by atoms with Crippen molar-refractivity contribution in [1.29, 1.82) is 0 Å². The fraction of sp³-hybridized carbons (Fsp3) is 0.333. The van der Waals surface area contributed by atoms with E-state index < -0.39 is 0 Å². The van der Waals surface area contributed by atoms with Gasteiger partial charge in [0.1, 0.15) is 6.04 Å². The molecule has 0 spiro atoms. The van der Waals surface area contributed by atoms with Crippen molar-refractivity contribution in [2.75, 3.05) is 18.1 Å². The highest BCUT2D eigenvalue weighted by Crippen LogP contribution is 2.21. The molecule has 0 bridgehead atoms. The molecule has 1 rings (SSSR count). The molecular weight excluding hydrogens is 150 g/mol. The molecule has 3 nitrogen and oxygen atoms in total. The van der Waals surface area contributed by atoms with Gasteiger partial charge >= 0.3 is 0 Å². The molecular formula is C9H16N3+. The number of benzene rings is 1. The second-order valence-corrected chi connectivity index (χ2v) is 2.99. The molecule has 0 aliphatic rings. The van der Waals surface area contributed by atoms with E-state index in [1.54, 1.807) is 0 Å². The van der Waals surface area contributed by atoms with Gasteiger partial charge in [0, 0.05) is 24.0 Å². The van der Waals surface area contributed by atoms with Gasteiger partial charge in [-0.25, -0.2) is 0 Å². The van der Waals surface area contributed by atoms with Gasteiger partial charge in [-0.05, 0) is 25.1 Å². The van der Waals surface area contributed by atoms with Crippen molar-refractivity contribution in [2.45, 2.75) is 13.0 Å². The maximum atomic E-state index is 5.78. The summed E-state index contributed by atoms with van der Waals surface area (Å²) in [4.78, 5) is 0. The smallest absolute Gasteiger partial charge is 0.109 e. The zero-order valence-corrected chi connectivity index (χ0v) is 7.59. The highest BCUT2D eigenvalue weighted by molar-refractivity contribution is 5.57. The lowest BCUT2D eigenvalue weighted by molar-refractivity contribution is -0.420. The fourth-order valence-electron chi connectivity index (χ4n) is 1.16. The van der Waals surface area contributed by atoms with Crippen LogP contribution in [-0.2, 0) is 0 Å². The first-order valence-corrected chi connectivity index (χ1v) is 4.05. The molecule has 12 heavy (non-hydrogen) atoms. The van der Waals surface area contributed by atoms with Gasteiger partial charge in [0.25, 0.3) is 0 Å². The van der Waals surface area contributed by atoms with Crippen LogP contribution in [0.25, 0.3) is 0 Å². The number of nitrogens with one attached hydrogen (secondary N) is 1. The fourth-order valence-corrected chi connectivity index (χ4v) is 1.16. The molecule has 1 aromatic carbocycles. The van der Waals surface area contributed by atoms with Crippen LogP contribution in [0, 0.1) is 0 Å². The number of anilines is 2. The van der Waals surface area contributed by atoms with E-state index in [0.717, 1.165) is 16.9 Å². The van der Waals surface area contributed by atoms with Crippen LogP contribution in [0.5, 0.6) is 0 Å². The SMILES string of the molecule is CNc1ccc(N)c(C(C)[NH3+])c1. The summed E-state index contributed by atoms with van der Waals surface area (Å²) in [5, 5.41) is 3.07. The van der Waals surface area contributed by atoms with Gasteiger partial charge < -0.3 is 16.8 Å². The normalized spacial score (nSPS) is 12.6. The van der Waals surface area contributed by atoms with E-state index in [-0.39, 0.29) is 6.04 Å². The number of rotatable bonds is 2. The van der Waals surface area contributed by atoms with Crippen molar-refractivity contribution in [1.82, 2.24) is 0 Å². The molecule has 0 saturated carbocycles. The third kappa shape index (κ3) is 1.68. The zero-order chi connectivity index (χ0) is 9.14. The van der Waals surface area contributed by atoms with E-state index in [0.29, 0.717) is 0 Å². The molecule has 0 aromatic heterocycles. The second kappa shape index (κ2) is 3.45. The van der Waals surface area contributed by atoms with E-state index in [1.807, 2.05) is 32.2 Å². The molecule has 1 atom stereocenters. The van der Waals surface area contributed by atoms with Gasteiger partial charge in [0.15, 0.2) is 0 Å². The quantitative estimate of drug-likeness (QED) is 0.564. The van der Waals surface area contributed by atoms with Crippen LogP contribution in [0.3, 0.4) is 0 Å². The topological polar surface area (TPSA) is 65.7 Å². The third-order valence-electron chi connectivity index (χ3n) is 1.91. The Bertz CT molecular complexity index is 268. The molecule has 1 aromatic rings. The van der Waals surface area contributed by atoms with Gasteiger partial charge in [-0.15, -0.1) is 0 Å². The average Bonchev–Trinajstić information content (AvgIpc) is 2.05. The minimum absolute atomic E-state index is 0.235.